The zero-order chi connectivity index (χ0) is 11.2. The highest BCUT2D eigenvalue weighted by molar-refractivity contribution is 5.04. The van der Waals surface area contributed by atoms with Crippen molar-refractivity contribution in [2.75, 3.05) is 6.54 Å². The van der Waals surface area contributed by atoms with E-state index in [1.54, 1.807) is 5.57 Å². The molecule has 0 spiro atoms. The molecule has 16 heavy (non-hydrogen) atoms. The lowest BCUT2D eigenvalue weighted by atomic mass is 9.97. The van der Waals surface area contributed by atoms with Crippen LogP contribution in [0.3, 0.4) is 0 Å². The molecule has 0 fully saturated rings. The van der Waals surface area contributed by atoms with Crippen molar-refractivity contribution in [3.05, 3.63) is 17.5 Å². The van der Waals surface area contributed by atoms with E-state index in [1.165, 1.54) is 25.7 Å². The molecule has 0 saturated heterocycles. The summed E-state index contributed by atoms with van der Waals surface area (Å²) in [6.45, 7) is 1.48. The van der Waals surface area contributed by atoms with Gasteiger partial charge in [-0.05, 0) is 49.1 Å². The number of hydrogen-bond donors (Lipinski definition) is 1. The molecule has 1 aromatic heterocycles. The second kappa shape index (κ2) is 5.75. The molecule has 1 aliphatic carbocycles. The summed E-state index contributed by atoms with van der Waals surface area (Å²) in [5.74, 6) is 0.902. The van der Waals surface area contributed by atoms with Gasteiger partial charge in [0.2, 0.25) is 0 Å². The van der Waals surface area contributed by atoms with Gasteiger partial charge in [-0.1, -0.05) is 11.6 Å². The van der Waals surface area contributed by atoms with Crippen LogP contribution >= 0.6 is 0 Å². The number of rotatable bonds is 5. The standard InChI is InChI=1S/C11H19N5/c12-8-6-11-13-14-15-16(11)9-7-10-4-2-1-3-5-10/h4H,1-3,5-9,12H2. The molecule has 0 radical (unpaired) electrons. The van der Waals surface area contributed by atoms with Crippen LogP contribution in [-0.4, -0.2) is 26.8 Å². The van der Waals surface area contributed by atoms with E-state index in [-0.39, 0.29) is 0 Å². The fourth-order valence-corrected chi connectivity index (χ4v) is 2.09. The molecule has 88 valence electrons. The van der Waals surface area contributed by atoms with Crippen LogP contribution in [0.1, 0.15) is 37.9 Å². The van der Waals surface area contributed by atoms with E-state index in [2.05, 4.69) is 21.6 Å². The molecule has 1 heterocycles. The lowest BCUT2D eigenvalue weighted by molar-refractivity contribution is 0.545. The average Bonchev–Trinajstić information content (AvgIpc) is 2.76. The third kappa shape index (κ3) is 2.88. The van der Waals surface area contributed by atoms with Crippen molar-refractivity contribution in [3.63, 3.8) is 0 Å². The molecular formula is C11H19N5. The minimum Gasteiger partial charge on any atom is -0.330 e. The maximum Gasteiger partial charge on any atom is 0.152 e. The van der Waals surface area contributed by atoms with Gasteiger partial charge in [0.05, 0.1) is 0 Å². The highest BCUT2D eigenvalue weighted by atomic mass is 15.5. The topological polar surface area (TPSA) is 69.6 Å². The van der Waals surface area contributed by atoms with Crippen LogP contribution in [0, 0.1) is 0 Å². The molecule has 5 nitrogen and oxygen atoms in total. The number of nitrogens with zero attached hydrogens (tertiary/aromatic N) is 4. The molecule has 0 bridgehead atoms. The molecule has 0 amide bonds. The number of aryl methyl sites for hydroxylation is 1. The zero-order valence-corrected chi connectivity index (χ0v) is 9.60. The molecule has 5 heteroatoms. The summed E-state index contributed by atoms with van der Waals surface area (Å²) in [5.41, 5.74) is 7.06. The van der Waals surface area contributed by atoms with E-state index in [1.807, 2.05) is 4.68 Å². The lowest BCUT2D eigenvalue weighted by Crippen LogP contribution is -2.12. The van der Waals surface area contributed by atoms with E-state index < -0.39 is 0 Å². The van der Waals surface area contributed by atoms with Crippen LogP contribution in [0.15, 0.2) is 11.6 Å². The van der Waals surface area contributed by atoms with Gasteiger partial charge in [0.15, 0.2) is 5.82 Å². The number of tetrazole rings is 1. The summed E-state index contributed by atoms with van der Waals surface area (Å²) in [4.78, 5) is 0. The largest absolute Gasteiger partial charge is 0.330 e. The van der Waals surface area contributed by atoms with E-state index in [0.29, 0.717) is 6.54 Å². The summed E-state index contributed by atoms with van der Waals surface area (Å²) in [6, 6.07) is 0. The maximum atomic E-state index is 5.51. The fraction of sp³-hybridized carbons (Fsp3) is 0.727. The van der Waals surface area contributed by atoms with E-state index in [0.717, 1.165) is 25.2 Å². The fourth-order valence-electron chi connectivity index (χ4n) is 2.09. The quantitative estimate of drug-likeness (QED) is 0.755. The first-order valence-electron chi connectivity index (χ1n) is 6.03. The molecular weight excluding hydrogens is 202 g/mol. The van der Waals surface area contributed by atoms with Crippen molar-refractivity contribution < 1.29 is 0 Å². The predicted octanol–water partition coefficient (Wildman–Crippen LogP) is 1.06. The van der Waals surface area contributed by atoms with Crippen LogP contribution in [0.4, 0.5) is 0 Å². The van der Waals surface area contributed by atoms with Gasteiger partial charge in [-0.3, -0.25) is 0 Å². The first-order chi connectivity index (χ1) is 7.90. The van der Waals surface area contributed by atoms with Crippen molar-refractivity contribution in [2.24, 2.45) is 5.73 Å². The van der Waals surface area contributed by atoms with Crippen LogP contribution in [0.5, 0.6) is 0 Å². The zero-order valence-electron chi connectivity index (χ0n) is 9.60. The van der Waals surface area contributed by atoms with Gasteiger partial charge in [-0.25, -0.2) is 4.68 Å². The Balaban J connectivity index is 1.88. The monoisotopic (exact) mass is 221 g/mol. The summed E-state index contributed by atoms with van der Waals surface area (Å²) in [6.07, 6.45) is 9.35. The first-order valence-corrected chi connectivity index (χ1v) is 6.03. The number of nitrogens with two attached hydrogens (primary N) is 1. The minimum absolute atomic E-state index is 0.600. The molecule has 0 aliphatic heterocycles. The predicted molar refractivity (Wildman–Crippen MR) is 61.7 cm³/mol. The Kier molecular flexibility index (Phi) is 4.04. The molecule has 0 saturated carbocycles. The van der Waals surface area contributed by atoms with Crippen LogP contribution < -0.4 is 5.73 Å². The molecule has 0 unspecified atom stereocenters. The molecule has 2 N–H and O–H groups in total. The summed E-state index contributed by atoms with van der Waals surface area (Å²) in [7, 11) is 0. The Hall–Kier alpha value is -1.23. The van der Waals surface area contributed by atoms with Crippen LogP contribution in [0.25, 0.3) is 0 Å². The molecule has 1 aromatic rings. The Morgan fingerprint density at radius 2 is 2.25 bits per heavy atom. The SMILES string of the molecule is NCCc1nnnn1CCC1=CCCCC1. The van der Waals surface area contributed by atoms with Crippen LogP contribution in [0.2, 0.25) is 0 Å². The van der Waals surface area contributed by atoms with Gasteiger partial charge >= 0.3 is 0 Å². The Morgan fingerprint density at radius 3 is 3.00 bits per heavy atom. The van der Waals surface area contributed by atoms with Crippen molar-refractivity contribution in [1.82, 2.24) is 20.2 Å². The Labute approximate surface area is 95.7 Å². The lowest BCUT2D eigenvalue weighted by Gasteiger charge is -2.12. The molecule has 0 aromatic carbocycles. The van der Waals surface area contributed by atoms with E-state index in [4.69, 9.17) is 5.73 Å². The van der Waals surface area contributed by atoms with E-state index >= 15 is 0 Å². The van der Waals surface area contributed by atoms with Crippen molar-refractivity contribution in [2.45, 2.75) is 45.1 Å². The summed E-state index contributed by atoms with van der Waals surface area (Å²) >= 11 is 0. The highest BCUT2D eigenvalue weighted by Crippen LogP contribution is 2.20. The second-order valence-corrected chi connectivity index (χ2v) is 4.22. The van der Waals surface area contributed by atoms with Crippen molar-refractivity contribution in [3.8, 4) is 0 Å². The highest BCUT2D eigenvalue weighted by Gasteiger charge is 2.07. The minimum atomic E-state index is 0.600. The summed E-state index contributed by atoms with van der Waals surface area (Å²) < 4.78 is 1.88. The van der Waals surface area contributed by atoms with Gasteiger partial charge in [-0.2, -0.15) is 0 Å². The normalized spacial score (nSPS) is 16.2. The molecule has 0 atom stereocenters. The smallest absolute Gasteiger partial charge is 0.152 e. The third-order valence-corrected chi connectivity index (χ3v) is 3.00. The third-order valence-electron chi connectivity index (χ3n) is 3.00. The number of hydrogen-bond acceptors (Lipinski definition) is 4. The van der Waals surface area contributed by atoms with Gasteiger partial charge < -0.3 is 5.73 Å². The Morgan fingerprint density at radius 1 is 1.31 bits per heavy atom. The van der Waals surface area contributed by atoms with Gasteiger partial charge in [0.1, 0.15) is 0 Å². The summed E-state index contributed by atoms with van der Waals surface area (Å²) in [5, 5.41) is 11.7. The molecule has 2 rings (SSSR count). The number of allylic oxidation sites excluding steroid dienone is 2. The average molecular weight is 221 g/mol. The van der Waals surface area contributed by atoms with Gasteiger partial charge in [0.25, 0.3) is 0 Å². The Bertz CT molecular complexity index is 355. The van der Waals surface area contributed by atoms with Crippen molar-refractivity contribution in [1.29, 1.82) is 0 Å². The number of aromatic nitrogens is 4. The van der Waals surface area contributed by atoms with Gasteiger partial charge in [0, 0.05) is 13.0 Å². The molecule has 1 aliphatic rings. The van der Waals surface area contributed by atoms with Crippen LogP contribution in [-0.2, 0) is 13.0 Å². The first kappa shape index (κ1) is 11.3. The van der Waals surface area contributed by atoms with Gasteiger partial charge in [-0.15, -0.1) is 5.10 Å². The maximum absolute atomic E-state index is 5.51. The van der Waals surface area contributed by atoms with E-state index in [9.17, 15) is 0 Å². The second-order valence-electron chi connectivity index (χ2n) is 4.22. The van der Waals surface area contributed by atoms with Crippen molar-refractivity contribution >= 4 is 0 Å².